The average molecular weight is 419 g/mol. The van der Waals surface area contributed by atoms with Gasteiger partial charge in [-0.2, -0.15) is 11.8 Å². The summed E-state index contributed by atoms with van der Waals surface area (Å²) < 4.78 is 16.6. The van der Waals surface area contributed by atoms with Gasteiger partial charge in [0.2, 0.25) is 5.75 Å². The van der Waals surface area contributed by atoms with E-state index in [1.54, 1.807) is 27.7 Å². The van der Waals surface area contributed by atoms with Gasteiger partial charge in [0.05, 0.1) is 26.7 Å². The second-order valence-corrected chi connectivity index (χ2v) is 8.79. The molecule has 2 aromatic rings. The van der Waals surface area contributed by atoms with Gasteiger partial charge in [0.25, 0.3) is 0 Å². The molecule has 29 heavy (non-hydrogen) atoms. The van der Waals surface area contributed by atoms with Gasteiger partial charge in [-0.15, -0.1) is 0 Å². The minimum atomic E-state index is 0.404. The van der Waals surface area contributed by atoms with Crippen molar-refractivity contribution in [3.63, 3.8) is 0 Å². The van der Waals surface area contributed by atoms with Gasteiger partial charge in [0.15, 0.2) is 11.5 Å². The first-order valence-corrected chi connectivity index (χ1v) is 11.4. The minimum Gasteiger partial charge on any atom is -0.493 e. The van der Waals surface area contributed by atoms with E-state index < -0.39 is 0 Å². The summed E-state index contributed by atoms with van der Waals surface area (Å²) in [6, 6.07) is 3.10. The number of hydrogen-bond donors (Lipinski definition) is 1. The molecule has 0 saturated carbocycles. The number of nitrogens with one attached hydrogen (secondary N) is 1. The van der Waals surface area contributed by atoms with Crippen LogP contribution in [0.1, 0.15) is 25.7 Å². The summed E-state index contributed by atoms with van der Waals surface area (Å²) in [7, 11) is 4.84. The summed E-state index contributed by atoms with van der Waals surface area (Å²) in [6.07, 6.45) is 6.49. The highest BCUT2D eigenvalue weighted by atomic mass is 32.2. The summed E-state index contributed by atoms with van der Waals surface area (Å²) in [6.45, 7) is 2.30. The molecule has 1 aromatic heterocycles. The maximum atomic E-state index is 5.59. The number of aromatic nitrogens is 2. The van der Waals surface area contributed by atoms with Crippen molar-refractivity contribution in [2.75, 3.05) is 51.2 Å². The van der Waals surface area contributed by atoms with Crippen LogP contribution in [0.5, 0.6) is 17.2 Å². The molecule has 0 bridgehead atoms. The smallest absolute Gasteiger partial charge is 0.205 e. The Balaban J connectivity index is 1.52. The van der Waals surface area contributed by atoms with Crippen LogP contribution in [0.4, 0.5) is 5.82 Å². The molecule has 0 spiro atoms. The Morgan fingerprint density at radius 3 is 2.34 bits per heavy atom. The Hall–Kier alpha value is -1.93. The van der Waals surface area contributed by atoms with Crippen molar-refractivity contribution >= 4 is 28.5 Å². The fraction of sp³-hybridized carbons (Fsp3) is 0.619. The third-order valence-corrected chi connectivity index (χ3v) is 7.06. The first-order valence-electron chi connectivity index (χ1n) is 10.3. The van der Waals surface area contributed by atoms with Gasteiger partial charge in [0.1, 0.15) is 17.7 Å². The maximum Gasteiger partial charge on any atom is 0.205 e. The fourth-order valence-corrected chi connectivity index (χ4v) is 5.51. The van der Waals surface area contributed by atoms with E-state index in [4.69, 9.17) is 14.2 Å². The second-order valence-electron chi connectivity index (χ2n) is 7.56. The van der Waals surface area contributed by atoms with Crippen LogP contribution in [-0.4, -0.2) is 72.9 Å². The lowest BCUT2D eigenvalue weighted by molar-refractivity contribution is 0.148. The normalized spacial score (nSPS) is 19.3. The van der Waals surface area contributed by atoms with E-state index in [2.05, 4.69) is 31.9 Å². The van der Waals surface area contributed by atoms with Crippen LogP contribution in [0, 0.1) is 0 Å². The van der Waals surface area contributed by atoms with Crippen LogP contribution in [0.3, 0.4) is 0 Å². The van der Waals surface area contributed by atoms with E-state index in [1.165, 1.54) is 24.3 Å². The van der Waals surface area contributed by atoms with E-state index >= 15 is 0 Å². The molecule has 0 aliphatic carbocycles. The predicted octanol–water partition coefficient (Wildman–Crippen LogP) is 3.43. The van der Waals surface area contributed by atoms with Gasteiger partial charge in [-0.1, -0.05) is 0 Å². The highest BCUT2D eigenvalue weighted by Crippen LogP contribution is 2.44. The lowest BCUT2D eigenvalue weighted by Crippen LogP contribution is -2.45. The van der Waals surface area contributed by atoms with Crippen LogP contribution in [0.25, 0.3) is 10.9 Å². The van der Waals surface area contributed by atoms with E-state index in [1.807, 2.05) is 6.07 Å². The number of fused-ring (bicyclic) bond motifs is 1. The Morgan fingerprint density at radius 1 is 0.966 bits per heavy atom. The van der Waals surface area contributed by atoms with Gasteiger partial charge in [-0.05, 0) is 43.3 Å². The zero-order chi connectivity index (χ0) is 20.2. The first-order chi connectivity index (χ1) is 14.2. The number of piperidine rings is 1. The van der Waals surface area contributed by atoms with Crippen molar-refractivity contribution in [2.45, 2.75) is 37.8 Å². The van der Waals surface area contributed by atoms with E-state index in [-0.39, 0.29) is 0 Å². The molecule has 1 aromatic carbocycles. The summed E-state index contributed by atoms with van der Waals surface area (Å²) in [4.78, 5) is 11.7. The Bertz CT molecular complexity index is 836. The van der Waals surface area contributed by atoms with Crippen molar-refractivity contribution in [1.29, 1.82) is 0 Å². The van der Waals surface area contributed by atoms with Crippen LogP contribution in [0.2, 0.25) is 0 Å². The molecule has 0 radical (unpaired) electrons. The lowest BCUT2D eigenvalue weighted by atomic mass is 10.0. The Morgan fingerprint density at radius 2 is 1.69 bits per heavy atom. The van der Waals surface area contributed by atoms with Crippen LogP contribution in [0.15, 0.2) is 12.4 Å². The maximum absolute atomic E-state index is 5.59. The molecule has 0 unspecified atom stereocenters. The van der Waals surface area contributed by atoms with Crippen molar-refractivity contribution in [2.24, 2.45) is 0 Å². The number of ether oxygens (including phenoxy) is 3. The quantitative estimate of drug-likeness (QED) is 0.765. The lowest BCUT2D eigenvalue weighted by Gasteiger charge is -2.39. The molecule has 3 heterocycles. The van der Waals surface area contributed by atoms with Crippen molar-refractivity contribution in [3.8, 4) is 17.2 Å². The minimum absolute atomic E-state index is 0.404. The number of rotatable bonds is 6. The van der Waals surface area contributed by atoms with Crippen molar-refractivity contribution < 1.29 is 14.2 Å². The predicted molar refractivity (Wildman–Crippen MR) is 118 cm³/mol. The van der Waals surface area contributed by atoms with Gasteiger partial charge in [-0.3, -0.25) is 0 Å². The summed E-state index contributed by atoms with van der Waals surface area (Å²) in [5.41, 5.74) is 0.722. The molecular weight excluding hydrogens is 388 g/mol. The monoisotopic (exact) mass is 418 g/mol. The zero-order valence-electron chi connectivity index (χ0n) is 17.4. The molecule has 7 nitrogen and oxygen atoms in total. The van der Waals surface area contributed by atoms with Crippen LogP contribution in [-0.2, 0) is 0 Å². The molecule has 158 valence electrons. The van der Waals surface area contributed by atoms with Gasteiger partial charge >= 0.3 is 0 Å². The summed E-state index contributed by atoms with van der Waals surface area (Å²) >= 11 is 2.09. The first kappa shape index (κ1) is 20.3. The summed E-state index contributed by atoms with van der Waals surface area (Å²) in [5, 5.41) is 4.54. The average Bonchev–Trinajstić information content (AvgIpc) is 2.79. The van der Waals surface area contributed by atoms with E-state index in [9.17, 15) is 0 Å². The number of thioether (sulfide) groups is 1. The van der Waals surface area contributed by atoms with Gasteiger partial charge in [0, 0.05) is 25.2 Å². The molecular formula is C21H30N4O3S. The zero-order valence-corrected chi connectivity index (χ0v) is 18.3. The number of likely N-dealkylation sites (tertiary alicyclic amines) is 1. The SMILES string of the molecule is COc1cc2c(NC3CCN(C4CCSCC4)CC3)ncnc2c(OC)c1OC. The molecule has 2 aliphatic rings. The largest absolute Gasteiger partial charge is 0.493 e. The number of benzene rings is 1. The second kappa shape index (κ2) is 9.26. The Kier molecular flexibility index (Phi) is 6.50. The van der Waals surface area contributed by atoms with Crippen molar-refractivity contribution in [3.05, 3.63) is 12.4 Å². The van der Waals surface area contributed by atoms with Gasteiger partial charge < -0.3 is 24.4 Å². The third kappa shape index (κ3) is 4.19. The molecule has 2 saturated heterocycles. The Labute approximate surface area is 176 Å². The highest BCUT2D eigenvalue weighted by molar-refractivity contribution is 7.99. The van der Waals surface area contributed by atoms with Gasteiger partial charge in [-0.25, -0.2) is 9.97 Å². The molecule has 1 N–H and O–H groups in total. The molecule has 2 aliphatic heterocycles. The molecule has 0 atom stereocenters. The highest BCUT2D eigenvalue weighted by Gasteiger charge is 2.27. The van der Waals surface area contributed by atoms with Crippen LogP contribution >= 0.6 is 11.8 Å². The van der Waals surface area contributed by atoms with Crippen LogP contribution < -0.4 is 19.5 Å². The molecule has 4 rings (SSSR count). The van der Waals surface area contributed by atoms with E-state index in [0.29, 0.717) is 23.3 Å². The molecule has 0 amide bonds. The third-order valence-electron chi connectivity index (χ3n) is 6.01. The summed E-state index contributed by atoms with van der Waals surface area (Å²) in [5.74, 6) is 5.16. The standard InChI is InChI=1S/C21H30N4O3S/c1-26-17-12-16-18(20(28-3)19(17)27-2)22-13-23-21(16)24-14-4-8-25(9-5-14)15-6-10-29-11-7-15/h12-15H,4-11H2,1-3H3,(H,22,23,24). The number of hydrogen-bond acceptors (Lipinski definition) is 8. The van der Waals surface area contributed by atoms with Crippen molar-refractivity contribution in [1.82, 2.24) is 14.9 Å². The number of nitrogens with zero attached hydrogens (tertiary/aromatic N) is 3. The van der Waals surface area contributed by atoms with E-state index in [0.717, 1.165) is 48.7 Å². The molecule has 2 fully saturated rings. The number of methoxy groups -OCH3 is 3. The molecule has 8 heteroatoms. The topological polar surface area (TPSA) is 68.7 Å². The number of anilines is 1. The fourth-order valence-electron chi connectivity index (χ4n) is 4.43.